The number of halogens is 3. The van der Waals surface area contributed by atoms with Crippen LogP contribution in [0.5, 0.6) is 0 Å². The van der Waals surface area contributed by atoms with Gasteiger partial charge in [0.15, 0.2) is 0 Å². The highest BCUT2D eigenvalue weighted by molar-refractivity contribution is 5.31. The maximum Gasteiger partial charge on any atom is 0.416 e. The fourth-order valence-corrected chi connectivity index (χ4v) is 2.25. The number of aliphatic hydroxyl groups is 1. The summed E-state index contributed by atoms with van der Waals surface area (Å²) < 4.78 is 37.8. The zero-order valence-corrected chi connectivity index (χ0v) is 9.59. The molecule has 0 heterocycles. The molecular formula is C13H15F3O. The van der Waals surface area contributed by atoms with E-state index >= 15 is 0 Å². The third-order valence-electron chi connectivity index (χ3n) is 3.48. The Kier molecular flexibility index (Phi) is 2.94. The van der Waals surface area contributed by atoms with Crippen LogP contribution < -0.4 is 0 Å². The Morgan fingerprint density at radius 2 is 1.82 bits per heavy atom. The van der Waals surface area contributed by atoms with Gasteiger partial charge in [-0.3, -0.25) is 0 Å². The quantitative estimate of drug-likeness (QED) is 0.859. The average molecular weight is 244 g/mol. The van der Waals surface area contributed by atoms with Crippen molar-refractivity contribution in [1.82, 2.24) is 0 Å². The van der Waals surface area contributed by atoms with Gasteiger partial charge in [0.1, 0.15) is 0 Å². The molecule has 0 aliphatic heterocycles. The fourth-order valence-electron chi connectivity index (χ4n) is 2.25. The molecular weight excluding hydrogens is 229 g/mol. The molecule has 1 nitrogen and oxygen atoms in total. The number of hydrogen-bond acceptors (Lipinski definition) is 1. The van der Waals surface area contributed by atoms with Crippen molar-refractivity contribution in [2.75, 3.05) is 0 Å². The lowest BCUT2D eigenvalue weighted by Crippen LogP contribution is -2.27. The van der Waals surface area contributed by atoms with Gasteiger partial charge in [0.05, 0.1) is 11.2 Å². The van der Waals surface area contributed by atoms with Crippen LogP contribution in [-0.4, -0.2) is 5.11 Å². The fraction of sp³-hybridized carbons (Fsp3) is 0.538. The van der Waals surface area contributed by atoms with Gasteiger partial charge in [-0.05, 0) is 42.9 Å². The molecule has 0 amide bonds. The number of benzene rings is 1. The van der Waals surface area contributed by atoms with Crippen molar-refractivity contribution in [3.63, 3.8) is 0 Å². The third kappa shape index (κ3) is 2.32. The second kappa shape index (κ2) is 4.02. The van der Waals surface area contributed by atoms with E-state index in [2.05, 4.69) is 0 Å². The molecule has 94 valence electrons. The van der Waals surface area contributed by atoms with Crippen LogP contribution in [0, 0.1) is 5.92 Å². The summed E-state index contributed by atoms with van der Waals surface area (Å²) in [6, 6.07) is 5.05. The van der Waals surface area contributed by atoms with Crippen molar-refractivity contribution in [1.29, 1.82) is 0 Å². The van der Waals surface area contributed by atoms with Gasteiger partial charge in [0.2, 0.25) is 0 Å². The van der Waals surface area contributed by atoms with Crippen LogP contribution in [0.15, 0.2) is 24.3 Å². The lowest BCUT2D eigenvalue weighted by Gasteiger charge is -2.28. The van der Waals surface area contributed by atoms with Crippen molar-refractivity contribution >= 4 is 0 Å². The van der Waals surface area contributed by atoms with Crippen LogP contribution in [-0.2, 0) is 11.8 Å². The Morgan fingerprint density at radius 3 is 2.29 bits per heavy atom. The monoisotopic (exact) mass is 244 g/mol. The van der Waals surface area contributed by atoms with Crippen LogP contribution in [0.1, 0.15) is 37.3 Å². The summed E-state index contributed by atoms with van der Waals surface area (Å²) in [7, 11) is 0. The molecule has 1 fully saturated rings. The van der Waals surface area contributed by atoms with Crippen LogP contribution >= 0.6 is 0 Å². The lowest BCUT2D eigenvalue weighted by molar-refractivity contribution is -0.137. The van der Waals surface area contributed by atoms with Crippen LogP contribution in [0.4, 0.5) is 13.2 Å². The van der Waals surface area contributed by atoms with Crippen LogP contribution in [0.3, 0.4) is 0 Å². The normalized spacial score (nSPS) is 20.1. The molecule has 1 aromatic rings. The Balaban J connectivity index is 2.38. The predicted molar refractivity (Wildman–Crippen MR) is 58.4 cm³/mol. The average Bonchev–Trinajstić information content (AvgIpc) is 3.11. The van der Waals surface area contributed by atoms with E-state index < -0.39 is 17.3 Å². The molecule has 17 heavy (non-hydrogen) atoms. The summed E-state index contributed by atoms with van der Waals surface area (Å²) in [5, 5.41) is 10.5. The maximum atomic E-state index is 12.6. The highest BCUT2D eigenvalue weighted by atomic mass is 19.4. The first-order valence-corrected chi connectivity index (χ1v) is 5.78. The lowest BCUT2D eigenvalue weighted by atomic mass is 9.85. The number of rotatable bonds is 3. The minimum Gasteiger partial charge on any atom is -0.385 e. The van der Waals surface area contributed by atoms with Crippen LogP contribution in [0.2, 0.25) is 0 Å². The summed E-state index contributed by atoms with van der Waals surface area (Å²) in [5.74, 6) is 0.107. The van der Waals surface area contributed by atoms with E-state index in [0.29, 0.717) is 12.0 Å². The molecule has 1 saturated carbocycles. The zero-order chi connectivity index (χ0) is 12.7. The summed E-state index contributed by atoms with van der Waals surface area (Å²) in [6.07, 6.45) is -2.13. The molecule has 4 heteroatoms. The SMILES string of the molecule is CCC(O)(c1cccc(C(F)(F)F)c1)C1CC1. The summed E-state index contributed by atoms with van der Waals surface area (Å²) in [4.78, 5) is 0. The van der Waals surface area contributed by atoms with Gasteiger partial charge < -0.3 is 5.11 Å². The van der Waals surface area contributed by atoms with Gasteiger partial charge in [0, 0.05) is 0 Å². The maximum absolute atomic E-state index is 12.6. The Morgan fingerprint density at radius 1 is 1.24 bits per heavy atom. The van der Waals surface area contributed by atoms with E-state index in [4.69, 9.17) is 0 Å². The molecule has 0 bridgehead atoms. The van der Waals surface area contributed by atoms with Gasteiger partial charge in [0.25, 0.3) is 0 Å². The molecule has 0 aromatic heterocycles. The molecule has 0 saturated heterocycles. The molecule has 1 N–H and O–H groups in total. The first-order chi connectivity index (χ1) is 7.88. The smallest absolute Gasteiger partial charge is 0.385 e. The van der Waals surface area contributed by atoms with E-state index in [1.54, 1.807) is 13.0 Å². The van der Waals surface area contributed by atoms with Crippen molar-refractivity contribution in [2.45, 2.75) is 38.0 Å². The minimum absolute atomic E-state index is 0.107. The number of alkyl halides is 3. The van der Waals surface area contributed by atoms with Crippen molar-refractivity contribution in [3.8, 4) is 0 Å². The zero-order valence-electron chi connectivity index (χ0n) is 9.59. The Bertz CT molecular complexity index is 409. The minimum atomic E-state index is -4.35. The first-order valence-electron chi connectivity index (χ1n) is 5.78. The largest absolute Gasteiger partial charge is 0.416 e. The van der Waals surface area contributed by atoms with Crippen molar-refractivity contribution in [2.24, 2.45) is 5.92 Å². The van der Waals surface area contributed by atoms with Gasteiger partial charge in [-0.2, -0.15) is 13.2 Å². The molecule has 1 unspecified atom stereocenters. The molecule has 2 rings (SSSR count). The molecule has 0 spiro atoms. The molecule has 1 aliphatic carbocycles. The predicted octanol–water partition coefficient (Wildman–Crippen LogP) is 3.71. The van der Waals surface area contributed by atoms with Crippen molar-refractivity contribution in [3.05, 3.63) is 35.4 Å². The molecule has 1 atom stereocenters. The summed E-state index contributed by atoms with van der Waals surface area (Å²) in [5.41, 5.74) is -1.40. The Hall–Kier alpha value is -1.03. The second-order valence-corrected chi connectivity index (χ2v) is 4.63. The summed E-state index contributed by atoms with van der Waals surface area (Å²) >= 11 is 0. The van der Waals surface area contributed by atoms with E-state index in [1.807, 2.05) is 0 Å². The molecule has 1 aliphatic rings. The highest BCUT2D eigenvalue weighted by Crippen LogP contribution is 2.48. The van der Waals surface area contributed by atoms with E-state index in [-0.39, 0.29) is 5.92 Å². The first kappa shape index (κ1) is 12.4. The van der Waals surface area contributed by atoms with Crippen molar-refractivity contribution < 1.29 is 18.3 Å². The van der Waals surface area contributed by atoms with E-state index in [0.717, 1.165) is 25.0 Å². The summed E-state index contributed by atoms with van der Waals surface area (Å²) in [6.45, 7) is 1.80. The van der Waals surface area contributed by atoms with E-state index in [1.165, 1.54) is 6.07 Å². The van der Waals surface area contributed by atoms with Gasteiger partial charge in [-0.15, -0.1) is 0 Å². The highest BCUT2D eigenvalue weighted by Gasteiger charge is 2.44. The van der Waals surface area contributed by atoms with Gasteiger partial charge >= 0.3 is 6.18 Å². The Labute approximate surface area is 98.3 Å². The van der Waals surface area contributed by atoms with Gasteiger partial charge in [-0.25, -0.2) is 0 Å². The molecule has 1 aromatic carbocycles. The number of hydrogen-bond donors (Lipinski definition) is 1. The topological polar surface area (TPSA) is 20.2 Å². The standard InChI is InChI=1S/C13H15F3O/c1-2-12(17,9-6-7-9)10-4-3-5-11(8-10)13(14,15)16/h3-5,8-9,17H,2,6-7H2,1H3. The van der Waals surface area contributed by atoms with Crippen LogP contribution in [0.25, 0.3) is 0 Å². The third-order valence-corrected chi connectivity index (χ3v) is 3.48. The van der Waals surface area contributed by atoms with E-state index in [9.17, 15) is 18.3 Å². The molecule has 0 radical (unpaired) electrons. The van der Waals surface area contributed by atoms with Gasteiger partial charge in [-0.1, -0.05) is 19.1 Å². The second-order valence-electron chi connectivity index (χ2n) is 4.63.